The Kier molecular flexibility index (Phi) is 17.7. The third-order valence-corrected chi connectivity index (χ3v) is 7.71. The van der Waals surface area contributed by atoms with Gasteiger partial charge in [0, 0.05) is 10.5 Å². The van der Waals surface area contributed by atoms with E-state index in [9.17, 15) is 4.79 Å². The van der Waals surface area contributed by atoms with E-state index < -0.39 is 0 Å². The lowest BCUT2D eigenvalue weighted by molar-refractivity contribution is 0.104. The van der Waals surface area contributed by atoms with Crippen molar-refractivity contribution in [1.29, 1.82) is 0 Å². The van der Waals surface area contributed by atoms with Crippen LogP contribution >= 0.6 is 11.8 Å². The van der Waals surface area contributed by atoms with Crippen molar-refractivity contribution in [1.82, 2.24) is 0 Å². The number of thioether (sulfide) groups is 1. The third-order valence-electron chi connectivity index (χ3n) is 6.93. The minimum Gasteiger partial charge on any atom is -0.492 e. The zero-order chi connectivity index (χ0) is 26.4. The van der Waals surface area contributed by atoms with E-state index in [4.69, 9.17) is 4.74 Å². The van der Waals surface area contributed by atoms with Gasteiger partial charge in [-0.05, 0) is 36.4 Å². The van der Waals surface area contributed by atoms with Gasteiger partial charge < -0.3 is 4.74 Å². The molecule has 2 aromatic carbocycles. The summed E-state index contributed by atoms with van der Waals surface area (Å²) in [6.45, 7) is 3.04. The first kappa shape index (κ1) is 31.2. The van der Waals surface area contributed by atoms with Gasteiger partial charge in [-0.15, -0.1) is 11.8 Å². The molecule has 0 heterocycles. The van der Waals surface area contributed by atoms with Crippen LogP contribution in [0.4, 0.5) is 0 Å². The Labute approximate surface area is 231 Å². The summed E-state index contributed by atoms with van der Waals surface area (Å²) < 4.78 is 6.14. The summed E-state index contributed by atoms with van der Waals surface area (Å²) >= 11 is 1.70. The lowest BCUT2D eigenvalue weighted by atomic mass is 10.0. The molecule has 3 heteroatoms. The van der Waals surface area contributed by atoms with E-state index >= 15 is 0 Å². The molecule has 0 spiro atoms. The zero-order valence-corrected chi connectivity index (χ0v) is 24.3. The first-order valence-electron chi connectivity index (χ1n) is 14.8. The van der Waals surface area contributed by atoms with Crippen molar-refractivity contribution in [3.8, 4) is 5.75 Å². The van der Waals surface area contributed by atoms with Gasteiger partial charge in [0.05, 0.1) is 6.61 Å². The monoisotopic (exact) mass is 522 g/mol. The number of hydrogen-bond acceptors (Lipinski definition) is 3. The molecule has 0 aromatic heterocycles. The molecule has 0 saturated heterocycles. The fourth-order valence-corrected chi connectivity index (χ4v) is 5.14. The van der Waals surface area contributed by atoms with Crippen molar-refractivity contribution in [2.24, 2.45) is 0 Å². The molecule has 37 heavy (non-hydrogen) atoms. The van der Waals surface area contributed by atoms with Gasteiger partial charge in [-0.2, -0.15) is 0 Å². The molecular weight excluding hydrogens is 472 g/mol. The Balaban J connectivity index is 1.53. The number of benzene rings is 2. The summed E-state index contributed by atoms with van der Waals surface area (Å²) in [6.07, 6.45) is 27.6. The van der Waals surface area contributed by atoms with E-state index in [2.05, 4.69) is 19.2 Å². The van der Waals surface area contributed by atoms with Crippen LogP contribution in [0.5, 0.6) is 5.75 Å². The molecule has 0 aliphatic carbocycles. The highest BCUT2D eigenvalue weighted by atomic mass is 32.2. The maximum atomic E-state index is 12.3. The van der Waals surface area contributed by atoms with Crippen molar-refractivity contribution in [3.05, 3.63) is 65.7 Å². The number of rotatable bonds is 22. The maximum absolute atomic E-state index is 12.3. The quantitative estimate of drug-likeness (QED) is 0.0665. The Morgan fingerprint density at radius 1 is 0.730 bits per heavy atom. The van der Waals surface area contributed by atoms with Crippen LogP contribution in [0, 0.1) is 0 Å². The van der Waals surface area contributed by atoms with Gasteiger partial charge in [0.1, 0.15) is 5.75 Å². The molecule has 204 valence electrons. The molecule has 2 nitrogen and oxygen atoms in total. The standard InChI is InChI=1S/C34H50O2S/c1-3-4-5-6-7-8-9-10-11-12-13-14-15-16-17-21-28-36-33-29-30(25-27-34(33)37-2)24-26-32(35)31-22-19-18-20-23-31/h18-20,22-27,29H,3-17,21,28H2,1-2H3. The average molecular weight is 523 g/mol. The summed E-state index contributed by atoms with van der Waals surface area (Å²) in [5, 5.41) is 0. The van der Waals surface area contributed by atoms with E-state index in [1.807, 2.05) is 48.5 Å². The highest BCUT2D eigenvalue weighted by Crippen LogP contribution is 2.29. The normalized spacial score (nSPS) is 11.3. The van der Waals surface area contributed by atoms with Crippen molar-refractivity contribution in [2.75, 3.05) is 12.9 Å². The van der Waals surface area contributed by atoms with Crippen molar-refractivity contribution >= 4 is 23.6 Å². The first-order chi connectivity index (χ1) is 18.2. The average Bonchev–Trinajstić information content (AvgIpc) is 2.94. The van der Waals surface area contributed by atoms with Gasteiger partial charge in [-0.25, -0.2) is 0 Å². The van der Waals surface area contributed by atoms with Crippen LogP contribution in [0.2, 0.25) is 0 Å². The van der Waals surface area contributed by atoms with Gasteiger partial charge in [0.2, 0.25) is 0 Å². The van der Waals surface area contributed by atoms with Crippen molar-refractivity contribution in [2.45, 2.75) is 115 Å². The zero-order valence-electron chi connectivity index (χ0n) is 23.5. The highest BCUT2D eigenvalue weighted by molar-refractivity contribution is 7.98. The van der Waals surface area contributed by atoms with Crippen LogP contribution in [-0.2, 0) is 0 Å². The fourth-order valence-electron chi connectivity index (χ4n) is 4.61. The molecule has 0 aliphatic heterocycles. The second kappa shape index (κ2) is 21.0. The fraction of sp³-hybridized carbons (Fsp3) is 0.559. The van der Waals surface area contributed by atoms with E-state index in [0.717, 1.165) is 29.2 Å². The summed E-state index contributed by atoms with van der Waals surface area (Å²) in [5.41, 5.74) is 1.70. The largest absolute Gasteiger partial charge is 0.492 e. The van der Waals surface area contributed by atoms with Crippen LogP contribution in [0.25, 0.3) is 6.08 Å². The SMILES string of the molecule is CCCCCCCCCCCCCCCCCCOc1cc(C=CC(=O)c2ccccc2)ccc1SC. The Morgan fingerprint density at radius 3 is 1.81 bits per heavy atom. The number of allylic oxidation sites excluding steroid dienone is 1. The molecule has 0 unspecified atom stereocenters. The highest BCUT2D eigenvalue weighted by Gasteiger charge is 2.05. The van der Waals surface area contributed by atoms with E-state index in [1.165, 1.54) is 96.3 Å². The molecule has 2 rings (SSSR count). The number of carbonyl (C=O) groups excluding carboxylic acids is 1. The number of hydrogen-bond donors (Lipinski definition) is 0. The first-order valence-corrected chi connectivity index (χ1v) is 16.1. The van der Waals surface area contributed by atoms with Gasteiger partial charge in [0.15, 0.2) is 5.78 Å². The third kappa shape index (κ3) is 14.5. The molecule has 0 saturated carbocycles. The smallest absolute Gasteiger partial charge is 0.185 e. The summed E-state index contributed by atoms with van der Waals surface area (Å²) in [5.74, 6) is 0.938. The number of carbonyl (C=O) groups is 1. The van der Waals surface area contributed by atoms with Crippen molar-refractivity contribution in [3.63, 3.8) is 0 Å². The number of unbranched alkanes of at least 4 members (excludes halogenated alkanes) is 15. The lowest BCUT2D eigenvalue weighted by Gasteiger charge is -2.11. The molecule has 0 amide bonds. The summed E-state index contributed by atoms with van der Waals surface area (Å²) in [6, 6.07) is 15.6. The Morgan fingerprint density at radius 2 is 1.27 bits per heavy atom. The van der Waals surface area contributed by atoms with Crippen LogP contribution in [0.15, 0.2) is 59.5 Å². The second-order valence-corrected chi connectivity index (χ2v) is 11.0. The molecule has 0 atom stereocenters. The van der Waals surface area contributed by atoms with E-state index in [-0.39, 0.29) is 5.78 Å². The van der Waals surface area contributed by atoms with Crippen molar-refractivity contribution < 1.29 is 9.53 Å². The number of ether oxygens (including phenoxy) is 1. The van der Waals surface area contributed by atoms with Crippen LogP contribution in [-0.4, -0.2) is 18.6 Å². The molecule has 0 aliphatic rings. The Bertz CT molecular complexity index is 875. The van der Waals surface area contributed by atoms with Crippen LogP contribution < -0.4 is 4.74 Å². The predicted molar refractivity (Wildman–Crippen MR) is 163 cm³/mol. The summed E-state index contributed by atoms with van der Waals surface area (Å²) in [4.78, 5) is 13.5. The van der Waals surface area contributed by atoms with Gasteiger partial charge in [-0.1, -0.05) is 146 Å². The topological polar surface area (TPSA) is 26.3 Å². The predicted octanol–water partition coefficient (Wildman–Crippen LogP) is 10.9. The Hall–Kier alpha value is -2.00. The molecular formula is C34H50O2S. The van der Waals surface area contributed by atoms with E-state index in [0.29, 0.717) is 5.56 Å². The molecule has 2 aromatic rings. The van der Waals surface area contributed by atoms with Crippen LogP contribution in [0.1, 0.15) is 126 Å². The van der Waals surface area contributed by atoms with Gasteiger partial charge >= 0.3 is 0 Å². The van der Waals surface area contributed by atoms with Crippen LogP contribution in [0.3, 0.4) is 0 Å². The summed E-state index contributed by atoms with van der Waals surface area (Å²) in [7, 11) is 0. The van der Waals surface area contributed by atoms with E-state index in [1.54, 1.807) is 17.8 Å². The minimum atomic E-state index is 0.0187. The maximum Gasteiger partial charge on any atom is 0.185 e. The lowest BCUT2D eigenvalue weighted by Crippen LogP contribution is -1.99. The van der Waals surface area contributed by atoms with Gasteiger partial charge in [0.25, 0.3) is 0 Å². The number of ketones is 1. The molecule has 0 radical (unpaired) electrons. The minimum absolute atomic E-state index is 0.0187. The van der Waals surface area contributed by atoms with Gasteiger partial charge in [-0.3, -0.25) is 4.79 Å². The second-order valence-electron chi connectivity index (χ2n) is 10.1. The molecule has 0 N–H and O–H groups in total. The molecule has 0 fully saturated rings. The molecule has 0 bridgehead atoms.